The van der Waals surface area contributed by atoms with Gasteiger partial charge in [0.05, 0.1) is 18.8 Å². The average Bonchev–Trinajstić information content (AvgIpc) is 2.64. The predicted octanol–water partition coefficient (Wildman–Crippen LogP) is 3.59. The number of ether oxygens (including phenoxy) is 1. The van der Waals surface area contributed by atoms with Gasteiger partial charge in [-0.1, -0.05) is 18.2 Å². The van der Waals surface area contributed by atoms with Crippen LogP contribution in [0.4, 0.5) is 13.2 Å². The molecule has 8 heteroatoms. The molecule has 0 aliphatic carbocycles. The molecule has 0 fully saturated rings. The number of pyridine rings is 1. The third-order valence-corrected chi connectivity index (χ3v) is 3.63. The van der Waals surface area contributed by atoms with Gasteiger partial charge in [0.1, 0.15) is 5.75 Å². The van der Waals surface area contributed by atoms with Crippen molar-refractivity contribution >= 4 is 5.96 Å². The number of alkyl halides is 3. The van der Waals surface area contributed by atoms with Crippen LogP contribution in [0, 0.1) is 6.92 Å². The predicted molar refractivity (Wildman–Crippen MR) is 98.6 cm³/mol. The van der Waals surface area contributed by atoms with Crippen LogP contribution in [0.25, 0.3) is 0 Å². The highest BCUT2D eigenvalue weighted by molar-refractivity contribution is 5.79. The first kappa shape index (κ1) is 20.5. The molecule has 0 amide bonds. The van der Waals surface area contributed by atoms with Gasteiger partial charge in [0.25, 0.3) is 0 Å². The van der Waals surface area contributed by atoms with Gasteiger partial charge >= 0.3 is 6.18 Å². The van der Waals surface area contributed by atoms with Crippen LogP contribution >= 0.6 is 0 Å². The SMILES string of the molecule is CCNC(=NCc1ccc(OCC(F)(F)F)cc1)NCc1ncccc1C. The molecular weight excluding hydrogens is 357 g/mol. The minimum atomic E-state index is -4.35. The van der Waals surface area contributed by atoms with Crippen molar-refractivity contribution in [1.29, 1.82) is 0 Å². The molecule has 2 aromatic rings. The summed E-state index contributed by atoms with van der Waals surface area (Å²) in [6.45, 7) is 4.30. The van der Waals surface area contributed by atoms with Gasteiger partial charge < -0.3 is 15.4 Å². The van der Waals surface area contributed by atoms with Crippen molar-refractivity contribution in [2.24, 2.45) is 4.99 Å². The summed E-state index contributed by atoms with van der Waals surface area (Å²) in [4.78, 5) is 8.82. The van der Waals surface area contributed by atoms with Crippen molar-refractivity contribution in [1.82, 2.24) is 15.6 Å². The Bertz CT molecular complexity index is 745. The number of nitrogens with zero attached hydrogens (tertiary/aromatic N) is 2. The van der Waals surface area contributed by atoms with Crippen molar-refractivity contribution in [2.75, 3.05) is 13.2 Å². The van der Waals surface area contributed by atoms with E-state index >= 15 is 0 Å². The zero-order valence-corrected chi connectivity index (χ0v) is 15.3. The summed E-state index contributed by atoms with van der Waals surface area (Å²) in [5.41, 5.74) is 2.89. The molecule has 0 atom stereocenters. The Labute approximate surface area is 156 Å². The van der Waals surface area contributed by atoms with Crippen LogP contribution in [0.1, 0.15) is 23.7 Å². The molecule has 0 spiro atoms. The van der Waals surface area contributed by atoms with Crippen LogP contribution < -0.4 is 15.4 Å². The maximum absolute atomic E-state index is 12.2. The molecule has 27 heavy (non-hydrogen) atoms. The van der Waals surface area contributed by atoms with E-state index in [1.54, 1.807) is 18.3 Å². The molecule has 0 aliphatic heterocycles. The van der Waals surface area contributed by atoms with Crippen LogP contribution in [0.5, 0.6) is 5.75 Å². The highest BCUT2D eigenvalue weighted by Gasteiger charge is 2.28. The van der Waals surface area contributed by atoms with Crippen molar-refractivity contribution < 1.29 is 17.9 Å². The molecule has 0 saturated heterocycles. The number of hydrogen-bond donors (Lipinski definition) is 2. The second-order valence-corrected chi connectivity index (χ2v) is 5.86. The molecule has 2 N–H and O–H groups in total. The Kier molecular flexibility index (Phi) is 7.45. The molecule has 0 bridgehead atoms. The van der Waals surface area contributed by atoms with Gasteiger partial charge in [0.2, 0.25) is 0 Å². The van der Waals surface area contributed by atoms with Crippen molar-refractivity contribution in [3.05, 3.63) is 59.4 Å². The summed E-state index contributed by atoms with van der Waals surface area (Å²) in [6, 6.07) is 10.3. The summed E-state index contributed by atoms with van der Waals surface area (Å²) in [5.74, 6) is 0.815. The van der Waals surface area contributed by atoms with E-state index in [1.807, 2.05) is 26.0 Å². The number of benzene rings is 1. The van der Waals surface area contributed by atoms with Gasteiger partial charge in [-0.2, -0.15) is 13.2 Å². The second kappa shape index (κ2) is 9.80. The lowest BCUT2D eigenvalue weighted by atomic mass is 10.2. The molecule has 1 aromatic heterocycles. The summed E-state index contributed by atoms with van der Waals surface area (Å²) in [5, 5.41) is 6.38. The van der Waals surface area contributed by atoms with Gasteiger partial charge in [-0.05, 0) is 43.2 Å². The zero-order valence-electron chi connectivity index (χ0n) is 15.3. The first-order chi connectivity index (χ1) is 12.9. The lowest BCUT2D eigenvalue weighted by molar-refractivity contribution is -0.153. The molecule has 1 aromatic carbocycles. The molecular formula is C19H23F3N4O. The third-order valence-electron chi connectivity index (χ3n) is 3.63. The molecule has 2 rings (SSSR count). The zero-order chi connectivity index (χ0) is 19.7. The van der Waals surface area contributed by atoms with Crippen LogP contribution in [0.15, 0.2) is 47.6 Å². The largest absolute Gasteiger partial charge is 0.484 e. The quantitative estimate of drug-likeness (QED) is 0.569. The monoisotopic (exact) mass is 380 g/mol. The van der Waals surface area contributed by atoms with E-state index in [9.17, 15) is 13.2 Å². The fourth-order valence-electron chi connectivity index (χ4n) is 2.24. The molecule has 0 radical (unpaired) electrons. The maximum Gasteiger partial charge on any atom is 0.422 e. The molecule has 5 nitrogen and oxygen atoms in total. The van der Waals surface area contributed by atoms with Gasteiger partial charge in [-0.25, -0.2) is 4.99 Å². The molecule has 146 valence electrons. The summed E-state index contributed by atoms with van der Waals surface area (Å²) >= 11 is 0. The maximum atomic E-state index is 12.2. The first-order valence-corrected chi connectivity index (χ1v) is 8.58. The van der Waals surface area contributed by atoms with Gasteiger partial charge in [0, 0.05) is 12.7 Å². The minimum Gasteiger partial charge on any atom is -0.484 e. The van der Waals surface area contributed by atoms with E-state index in [2.05, 4.69) is 20.6 Å². The Morgan fingerprint density at radius 1 is 1.15 bits per heavy atom. The molecule has 0 unspecified atom stereocenters. The van der Waals surface area contributed by atoms with E-state index in [4.69, 9.17) is 4.74 Å². The van der Waals surface area contributed by atoms with E-state index in [1.165, 1.54) is 12.1 Å². The Balaban J connectivity index is 1.92. The lowest BCUT2D eigenvalue weighted by Crippen LogP contribution is -2.37. The molecule has 0 aliphatic rings. The highest BCUT2D eigenvalue weighted by Crippen LogP contribution is 2.19. The second-order valence-electron chi connectivity index (χ2n) is 5.86. The number of aryl methyl sites for hydroxylation is 1. The van der Waals surface area contributed by atoms with Gasteiger partial charge in [-0.3, -0.25) is 4.98 Å². The number of guanidine groups is 1. The van der Waals surface area contributed by atoms with E-state index in [-0.39, 0.29) is 5.75 Å². The number of aliphatic imine (C=N–C) groups is 1. The topological polar surface area (TPSA) is 58.5 Å². The minimum absolute atomic E-state index is 0.177. The summed E-state index contributed by atoms with van der Waals surface area (Å²) in [7, 11) is 0. The fourth-order valence-corrected chi connectivity index (χ4v) is 2.24. The van der Waals surface area contributed by atoms with Crippen LogP contribution in [0.3, 0.4) is 0 Å². The van der Waals surface area contributed by atoms with Crippen molar-refractivity contribution in [3.63, 3.8) is 0 Å². The standard InChI is InChI=1S/C19H23F3N4O/c1-3-23-18(26-12-17-14(2)5-4-10-24-17)25-11-15-6-8-16(9-7-15)27-13-19(20,21)22/h4-10H,3,11-13H2,1-2H3,(H2,23,25,26). The number of hydrogen-bond acceptors (Lipinski definition) is 3. The Hall–Kier alpha value is -2.77. The average molecular weight is 380 g/mol. The Morgan fingerprint density at radius 2 is 1.89 bits per heavy atom. The number of rotatable bonds is 7. The first-order valence-electron chi connectivity index (χ1n) is 8.58. The smallest absolute Gasteiger partial charge is 0.422 e. The van der Waals surface area contributed by atoms with E-state index in [0.717, 1.165) is 16.8 Å². The van der Waals surface area contributed by atoms with Crippen molar-refractivity contribution in [3.8, 4) is 5.75 Å². The molecule has 0 saturated carbocycles. The fraction of sp³-hybridized carbons (Fsp3) is 0.368. The number of halogens is 3. The van der Waals surface area contributed by atoms with Crippen LogP contribution in [-0.4, -0.2) is 30.3 Å². The molecule has 1 heterocycles. The number of nitrogens with one attached hydrogen (secondary N) is 2. The van der Waals surface area contributed by atoms with E-state index in [0.29, 0.717) is 25.6 Å². The Morgan fingerprint density at radius 3 is 2.52 bits per heavy atom. The van der Waals surface area contributed by atoms with E-state index < -0.39 is 12.8 Å². The summed E-state index contributed by atoms with van der Waals surface area (Å²) < 4.78 is 41.2. The van der Waals surface area contributed by atoms with Gasteiger partial charge in [-0.15, -0.1) is 0 Å². The lowest BCUT2D eigenvalue weighted by Gasteiger charge is -2.12. The third kappa shape index (κ3) is 7.55. The highest BCUT2D eigenvalue weighted by atomic mass is 19.4. The van der Waals surface area contributed by atoms with Crippen LogP contribution in [-0.2, 0) is 13.1 Å². The van der Waals surface area contributed by atoms with Crippen molar-refractivity contribution in [2.45, 2.75) is 33.1 Å². The van der Waals surface area contributed by atoms with Crippen LogP contribution in [0.2, 0.25) is 0 Å². The summed E-state index contributed by atoms with van der Waals surface area (Å²) in [6.07, 6.45) is -2.60. The van der Waals surface area contributed by atoms with Gasteiger partial charge in [0.15, 0.2) is 12.6 Å². The normalized spacial score (nSPS) is 12.0. The number of aromatic nitrogens is 1.